The smallest absolute Gasteiger partial charge is 0.263 e. The van der Waals surface area contributed by atoms with Gasteiger partial charge in [0.15, 0.2) is 11.5 Å². The zero-order chi connectivity index (χ0) is 9.84. The van der Waals surface area contributed by atoms with Crippen LogP contribution in [0.4, 0.5) is 8.78 Å². The Labute approximate surface area is 74.8 Å². The van der Waals surface area contributed by atoms with Gasteiger partial charge in [-0.3, -0.25) is 0 Å². The van der Waals surface area contributed by atoms with E-state index in [2.05, 4.69) is 0 Å². The van der Waals surface area contributed by atoms with Crippen molar-refractivity contribution >= 4 is 0 Å². The van der Waals surface area contributed by atoms with Gasteiger partial charge >= 0.3 is 0 Å². The van der Waals surface area contributed by atoms with Gasteiger partial charge in [0.1, 0.15) is 0 Å². The Bertz CT molecular complexity index is 287. The molecule has 0 fully saturated rings. The number of phenols is 1. The molecular formula is C9H10F2O2. The zero-order valence-electron chi connectivity index (χ0n) is 7.13. The summed E-state index contributed by atoms with van der Waals surface area (Å²) in [6.07, 6.45) is -2.54. The Balaban J connectivity index is 2.97. The first-order valence-electron chi connectivity index (χ1n) is 3.89. The molecule has 0 aromatic heterocycles. The van der Waals surface area contributed by atoms with Crippen LogP contribution in [0.5, 0.6) is 11.5 Å². The summed E-state index contributed by atoms with van der Waals surface area (Å²) in [7, 11) is 0. The van der Waals surface area contributed by atoms with Crippen LogP contribution in [0.15, 0.2) is 18.2 Å². The average molecular weight is 188 g/mol. The monoisotopic (exact) mass is 188 g/mol. The quantitative estimate of drug-likeness (QED) is 0.790. The molecule has 1 aromatic carbocycles. The van der Waals surface area contributed by atoms with Crippen LogP contribution in [0.25, 0.3) is 0 Å². The highest BCUT2D eigenvalue weighted by Gasteiger charge is 2.10. The lowest BCUT2D eigenvalue weighted by molar-refractivity contribution is 0.150. The summed E-state index contributed by atoms with van der Waals surface area (Å²) in [4.78, 5) is 0. The maximum absolute atomic E-state index is 12.2. The summed E-state index contributed by atoms with van der Waals surface area (Å²) < 4.78 is 29.3. The lowest BCUT2D eigenvalue weighted by Gasteiger charge is -2.07. The van der Waals surface area contributed by atoms with Crippen LogP contribution in [-0.2, 0) is 0 Å². The largest absolute Gasteiger partial charge is 0.504 e. The van der Waals surface area contributed by atoms with Gasteiger partial charge in [0.2, 0.25) is 0 Å². The second-order valence-corrected chi connectivity index (χ2v) is 2.46. The van der Waals surface area contributed by atoms with Crippen molar-refractivity contribution in [1.82, 2.24) is 0 Å². The molecule has 4 heteroatoms. The third-order valence-electron chi connectivity index (χ3n) is 1.54. The van der Waals surface area contributed by atoms with Crippen LogP contribution in [0.1, 0.15) is 18.9 Å². The Morgan fingerprint density at radius 3 is 2.69 bits per heavy atom. The molecule has 0 spiro atoms. The van der Waals surface area contributed by atoms with E-state index in [0.717, 1.165) is 6.07 Å². The molecular weight excluding hydrogens is 178 g/mol. The van der Waals surface area contributed by atoms with Crippen LogP contribution in [-0.4, -0.2) is 11.7 Å². The van der Waals surface area contributed by atoms with Crippen molar-refractivity contribution in [2.45, 2.75) is 13.3 Å². The summed E-state index contributed by atoms with van der Waals surface area (Å²) in [6.45, 7) is 2.05. The fraction of sp³-hybridized carbons (Fsp3) is 0.333. The molecule has 0 radical (unpaired) electrons. The van der Waals surface area contributed by atoms with E-state index in [1.54, 1.807) is 6.92 Å². The minimum absolute atomic E-state index is 0.0975. The van der Waals surface area contributed by atoms with Crippen LogP contribution >= 0.6 is 0 Å². The molecule has 72 valence electrons. The van der Waals surface area contributed by atoms with Crippen molar-refractivity contribution in [3.63, 3.8) is 0 Å². The molecule has 0 unspecified atom stereocenters. The second-order valence-electron chi connectivity index (χ2n) is 2.46. The Hall–Kier alpha value is -1.32. The molecule has 0 aliphatic carbocycles. The lowest BCUT2D eigenvalue weighted by atomic mass is 10.2. The standard InChI is InChI=1S/C9H10F2O2/c1-2-13-8-5-6(9(10)11)3-4-7(8)12/h3-5,9,12H,2H2,1H3. The molecule has 0 aliphatic rings. The Morgan fingerprint density at radius 2 is 2.15 bits per heavy atom. The fourth-order valence-corrected chi connectivity index (χ4v) is 0.938. The van der Waals surface area contributed by atoms with Gasteiger partial charge in [-0.2, -0.15) is 0 Å². The predicted octanol–water partition coefficient (Wildman–Crippen LogP) is 2.73. The van der Waals surface area contributed by atoms with Crippen LogP contribution in [0.2, 0.25) is 0 Å². The Kier molecular flexibility index (Phi) is 3.06. The highest BCUT2D eigenvalue weighted by molar-refractivity contribution is 5.42. The molecule has 0 saturated carbocycles. The van der Waals surface area contributed by atoms with E-state index < -0.39 is 6.43 Å². The third kappa shape index (κ3) is 2.31. The fourth-order valence-electron chi connectivity index (χ4n) is 0.938. The number of benzene rings is 1. The number of rotatable bonds is 3. The summed E-state index contributed by atoms with van der Waals surface area (Å²) in [5.74, 6) is -0.0217. The van der Waals surface area contributed by atoms with Crippen molar-refractivity contribution < 1.29 is 18.6 Å². The number of ether oxygens (including phenoxy) is 1. The van der Waals surface area contributed by atoms with Gasteiger partial charge in [-0.1, -0.05) is 0 Å². The normalized spacial score (nSPS) is 10.5. The number of hydrogen-bond donors (Lipinski definition) is 1. The van der Waals surface area contributed by atoms with E-state index in [9.17, 15) is 13.9 Å². The topological polar surface area (TPSA) is 29.5 Å². The summed E-state index contributed by atoms with van der Waals surface area (Å²) >= 11 is 0. The van der Waals surface area contributed by atoms with E-state index in [-0.39, 0.29) is 17.1 Å². The van der Waals surface area contributed by atoms with Gasteiger partial charge in [-0.25, -0.2) is 8.78 Å². The van der Waals surface area contributed by atoms with Gasteiger partial charge in [-0.05, 0) is 25.1 Å². The summed E-state index contributed by atoms with van der Waals surface area (Å²) in [5.41, 5.74) is -0.152. The van der Waals surface area contributed by atoms with Crippen molar-refractivity contribution in [1.29, 1.82) is 0 Å². The van der Waals surface area contributed by atoms with E-state index in [0.29, 0.717) is 6.61 Å². The van der Waals surface area contributed by atoms with Crippen LogP contribution < -0.4 is 4.74 Å². The maximum Gasteiger partial charge on any atom is 0.263 e. The highest BCUT2D eigenvalue weighted by Crippen LogP contribution is 2.30. The minimum Gasteiger partial charge on any atom is -0.504 e. The molecule has 1 rings (SSSR count). The molecule has 0 atom stereocenters. The summed E-state index contributed by atoms with van der Waals surface area (Å²) in [5, 5.41) is 9.18. The SMILES string of the molecule is CCOc1cc(C(F)F)ccc1O. The van der Waals surface area contributed by atoms with Crippen LogP contribution in [0.3, 0.4) is 0 Å². The first-order valence-corrected chi connectivity index (χ1v) is 3.89. The molecule has 13 heavy (non-hydrogen) atoms. The second kappa shape index (κ2) is 4.07. The zero-order valence-corrected chi connectivity index (χ0v) is 7.13. The van der Waals surface area contributed by atoms with Crippen LogP contribution in [0, 0.1) is 0 Å². The van der Waals surface area contributed by atoms with Gasteiger partial charge in [0.05, 0.1) is 6.61 Å². The van der Waals surface area contributed by atoms with Crippen molar-refractivity contribution in [2.24, 2.45) is 0 Å². The van der Waals surface area contributed by atoms with E-state index in [4.69, 9.17) is 4.74 Å². The molecule has 1 aromatic rings. The molecule has 0 heterocycles. The number of alkyl halides is 2. The summed E-state index contributed by atoms with van der Waals surface area (Å²) in [6, 6.07) is 3.51. The minimum atomic E-state index is -2.54. The molecule has 0 bridgehead atoms. The lowest BCUT2D eigenvalue weighted by Crippen LogP contribution is -1.93. The molecule has 0 amide bonds. The van der Waals surface area contributed by atoms with Crippen molar-refractivity contribution in [3.05, 3.63) is 23.8 Å². The van der Waals surface area contributed by atoms with E-state index >= 15 is 0 Å². The van der Waals surface area contributed by atoms with Gasteiger partial charge in [0.25, 0.3) is 6.43 Å². The number of aromatic hydroxyl groups is 1. The first kappa shape index (κ1) is 9.77. The van der Waals surface area contributed by atoms with Crippen molar-refractivity contribution in [2.75, 3.05) is 6.61 Å². The number of hydrogen-bond acceptors (Lipinski definition) is 2. The van der Waals surface area contributed by atoms with Gasteiger partial charge in [-0.15, -0.1) is 0 Å². The van der Waals surface area contributed by atoms with Gasteiger partial charge in [0, 0.05) is 5.56 Å². The molecule has 1 N–H and O–H groups in total. The van der Waals surface area contributed by atoms with Crippen molar-refractivity contribution in [3.8, 4) is 11.5 Å². The number of halogens is 2. The third-order valence-corrected chi connectivity index (χ3v) is 1.54. The molecule has 2 nitrogen and oxygen atoms in total. The highest BCUT2D eigenvalue weighted by atomic mass is 19.3. The Morgan fingerprint density at radius 1 is 1.46 bits per heavy atom. The number of phenolic OH excluding ortho intramolecular Hbond substituents is 1. The van der Waals surface area contributed by atoms with E-state index in [1.165, 1.54) is 12.1 Å². The average Bonchev–Trinajstić information content (AvgIpc) is 2.08. The molecule has 0 saturated heterocycles. The maximum atomic E-state index is 12.2. The molecule has 0 aliphatic heterocycles. The predicted molar refractivity (Wildman–Crippen MR) is 44.2 cm³/mol. The van der Waals surface area contributed by atoms with Gasteiger partial charge < -0.3 is 9.84 Å². The first-order chi connectivity index (χ1) is 6.15. The van der Waals surface area contributed by atoms with E-state index in [1.807, 2.05) is 0 Å².